The highest BCUT2D eigenvalue weighted by atomic mass is 28.4. The van der Waals surface area contributed by atoms with Crippen LogP contribution in [0.3, 0.4) is 0 Å². The van der Waals surface area contributed by atoms with Crippen LogP contribution in [0.2, 0.25) is 18.1 Å². The second kappa shape index (κ2) is 7.51. The van der Waals surface area contributed by atoms with Gasteiger partial charge in [-0.15, -0.1) is 0 Å². The third-order valence-corrected chi connectivity index (χ3v) is 13.9. The van der Waals surface area contributed by atoms with Crippen molar-refractivity contribution in [3.05, 3.63) is 41.5 Å². The molecule has 0 N–H and O–H groups in total. The number of benzene rings is 1. The minimum atomic E-state index is -1.79. The fraction of sp³-hybridized carbons (Fsp3) is 0.704. The molecule has 0 spiro atoms. The molecule has 0 saturated heterocycles. The zero-order valence-electron chi connectivity index (χ0n) is 20.3. The van der Waals surface area contributed by atoms with E-state index >= 15 is 0 Å². The molecule has 0 aromatic heterocycles. The molecule has 0 amide bonds. The lowest BCUT2D eigenvalue weighted by molar-refractivity contribution is -0.0135. The van der Waals surface area contributed by atoms with E-state index in [-0.39, 0.29) is 10.5 Å². The third kappa shape index (κ3) is 3.31. The van der Waals surface area contributed by atoms with Gasteiger partial charge >= 0.3 is 0 Å². The number of rotatable bonds is 4. The molecule has 2 fully saturated rings. The Kier molecular flexibility index (Phi) is 5.55. The summed E-state index contributed by atoms with van der Waals surface area (Å²) in [6.45, 7) is 19.1. The monoisotopic (exact) mass is 426 g/mol. The summed E-state index contributed by atoms with van der Waals surface area (Å²) in [6, 6.07) is 6.74. The van der Waals surface area contributed by atoms with Gasteiger partial charge in [0.05, 0.1) is 13.2 Å². The van der Waals surface area contributed by atoms with E-state index < -0.39 is 8.32 Å². The van der Waals surface area contributed by atoms with E-state index in [0.717, 1.165) is 24.0 Å². The summed E-state index contributed by atoms with van der Waals surface area (Å²) in [5.41, 5.74) is 4.75. The molecule has 1 aromatic carbocycles. The normalized spacial score (nSPS) is 33.6. The molecule has 0 radical (unpaired) electrons. The van der Waals surface area contributed by atoms with Crippen molar-refractivity contribution in [2.45, 2.75) is 96.4 Å². The van der Waals surface area contributed by atoms with Crippen LogP contribution in [0.5, 0.6) is 5.75 Å². The lowest BCUT2D eigenvalue weighted by Crippen LogP contribution is -2.52. The molecule has 0 bridgehead atoms. The molecular weight excluding hydrogens is 384 g/mol. The van der Waals surface area contributed by atoms with Crippen LogP contribution >= 0.6 is 0 Å². The second-order valence-electron chi connectivity index (χ2n) is 11.7. The number of hydrogen-bond donors (Lipinski definition) is 0. The molecule has 30 heavy (non-hydrogen) atoms. The van der Waals surface area contributed by atoms with Crippen molar-refractivity contribution in [2.75, 3.05) is 7.11 Å². The van der Waals surface area contributed by atoms with Crippen LogP contribution < -0.4 is 4.74 Å². The Morgan fingerprint density at radius 2 is 1.90 bits per heavy atom. The molecule has 5 atom stereocenters. The van der Waals surface area contributed by atoms with Gasteiger partial charge in [0, 0.05) is 11.3 Å². The highest BCUT2D eigenvalue weighted by molar-refractivity contribution is 6.74. The van der Waals surface area contributed by atoms with Gasteiger partial charge < -0.3 is 9.16 Å². The van der Waals surface area contributed by atoms with Crippen LogP contribution in [0, 0.1) is 17.3 Å². The zero-order chi connectivity index (χ0) is 21.9. The zero-order valence-corrected chi connectivity index (χ0v) is 21.3. The first kappa shape index (κ1) is 22.1. The average molecular weight is 427 g/mol. The van der Waals surface area contributed by atoms with Crippen molar-refractivity contribution in [3.63, 3.8) is 0 Å². The Morgan fingerprint density at radius 3 is 2.53 bits per heavy atom. The first-order valence-electron chi connectivity index (χ1n) is 12.1. The van der Waals surface area contributed by atoms with Crippen molar-refractivity contribution < 1.29 is 9.16 Å². The second-order valence-corrected chi connectivity index (χ2v) is 16.5. The van der Waals surface area contributed by atoms with E-state index in [1.807, 2.05) is 0 Å². The molecule has 3 aliphatic carbocycles. The van der Waals surface area contributed by atoms with Gasteiger partial charge in [-0.05, 0) is 91.8 Å². The predicted octanol–water partition coefficient (Wildman–Crippen LogP) is 7.50. The Morgan fingerprint density at radius 1 is 1.17 bits per heavy atom. The van der Waals surface area contributed by atoms with E-state index in [0.29, 0.717) is 12.0 Å². The third-order valence-electron chi connectivity index (χ3n) is 9.39. The van der Waals surface area contributed by atoms with Gasteiger partial charge in [-0.25, -0.2) is 0 Å². The quantitative estimate of drug-likeness (QED) is 0.366. The van der Waals surface area contributed by atoms with Crippen LogP contribution in [0.1, 0.15) is 76.8 Å². The molecule has 2 nitrogen and oxygen atoms in total. The smallest absolute Gasteiger partial charge is 0.192 e. The van der Waals surface area contributed by atoms with Crippen molar-refractivity contribution in [3.8, 4) is 5.75 Å². The maximum atomic E-state index is 7.14. The van der Waals surface area contributed by atoms with Crippen molar-refractivity contribution in [1.29, 1.82) is 0 Å². The van der Waals surface area contributed by atoms with Crippen molar-refractivity contribution in [2.24, 2.45) is 17.3 Å². The van der Waals surface area contributed by atoms with Crippen molar-refractivity contribution >= 4 is 8.32 Å². The Balaban J connectivity index is 1.66. The van der Waals surface area contributed by atoms with E-state index in [4.69, 9.17) is 15.7 Å². The number of methoxy groups -OCH3 is 1. The van der Waals surface area contributed by atoms with Gasteiger partial charge in [-0.3, -0.25) is 0 Å². The number of aryl methyl sites for hydroxylation is 1. The summed E-state index contributed by atoms with van der Waals surface area (Å²) < 4.78 is 12.6. The van der Waals surface area contributed by atoms with Gasteiger partial charge in [0.1, 0.15) is 5.75 Å². The summed E-state index contributed by atoms with van der Waals surface area (Å²) in [4.78, 5) is 0. The molecule has 0 heterocycles. The lowest BCUT2D eigenvalue weighted by Gasteiger charge is -2.54. The van der Waals surface area contributed by atoms with Gasteiger partial charge in [-0.1, -0.05) is 45.9 Å². The number of allylic oxidation sites excluding steroid dienone is 1. The van der Waals surface area contributed by atoms with Crippen LogP contribution in [0.15, 0.2) is 30.4 Å². The maximum absolute atomic E-state index is 7.14. The minimum Gasteiger partial charge on any atom is -0.497 e. The molecule has 0 unspecified atom stereocenters. The summed E-state index contributed by atoms with van der Waals surface area (Å²) in [7, 11) is -0.0195. The minimum absolute atomic E-state index is 0.261. The van der Waals surface area contributed by atoms with E-state index in [1.54, 1.807) is 7.11 Å². The van der Waals surface area contributed by atoms with E-state index in [1.165, 1.54) is 48.8 Å². The first-order chi connectivity index (χ1) is 14.0. The molecule has 2 saturated carbocycles. The molecular formula is C27H42O2Si. The maximum Gasteiger partial charge on any atom is 0.192 e. The van der Waals surface area contributed by atoms with E-state index in [2.05, 4.69) is 59.0 Å². The highest BCUT2D eigenvalue weighted by Crippen LogP contribution is 2.65. The average Bonchev–Trinajstić information content (AvgIpc) is 3.04. The summed E-state index contributed by atoms with van der Waals surface area (Å²) in [5, 5.41) is 0.261. The Hall–Kier alpha value is -1.06. The van der Waals surface area contributed by atoms with Crippen LogP contribution in [0.4, 0.5) is 0 Å². The number of fused-ring (bicyclic) bond motifs is 5. The SMILES string of the molecule is C=C1C[C@]2(CC)[C@@H](O[Si](C)(C)C(C)(C)C)CC[C@H]2[C@@H]2CCc3cc(OC)ccc3[C@@H]12. The largest absolute Gasteiger partial charge is 0.497 e. The summed E-state index contributed by atoms with van der Waals surface area (Å²) >= 11 is 0. The summed E-state index contributed by atoms with van der Waals surface area (Å²) in [6.07, 6.45) is 7.77. The van der Waals surface area contributed by atoms with Gasteiger partial charge in [0.15, 0.2) is 8.32 Å². The molecule has 4 rings (SSSR count). The Labute approximate surface area is 185 Å². The molecule has 0 aliphatic heterocycles. The topological polar surface area (TPSA) is 18.5 Å². The highest BCUT2D eigenvalue weighted by Gasteiger charge is 2.59. The number of hydrogen-bond acceptors (Lipinski definition) is 2. The fourth-order valence-electron chi connectivity index (χ4n) is 6.79. The Bertz CT molecular complexity index is 821. The van der Waals surface area contributed by atoms with Gasteiger partial charge in [0.2, 0.25) is 0 Å². The standard InChI is InChI=1S/C27H42O2Si/c1-9-27-17-18(2)25-21-13-11-20(28-6)16-19(21)10-12-22(25)23(27)14-15-24(27)29-30(7,8)26(3,4)5/h11,13,16,22-25H,2,9-10,12,14-15,17H2,1,3-8H3/t22-,23-,24-,25+,27-/m0/s1. The van der Waals surface area contributed by atoms with Gasteiger partial charge in [-0.2, -0.15) is 0 Å². The van der Waals surface area contributed by atoms with Gasteiger partial charge in [0.25, 0.3) is 0 Å². The summed E-state index contributed by atoms with van der Waals surface area (Å²) in [5.74, 6) is 3.00. The van der Waals surface area contributed by atoms with Crippen LogP contribution in [-0.2, 0) is 10.8 Å². The molecule has 1 aromatic rings. The van der Waals surface area contributed by atoms with E-state index in [9.17, 15) is 0 Å². The van der Waals surface area contributed by atoms with Crippen LogP contribution in [-0.4, -0.2) is 21.5 Å². The molecule has 3 aliphatic rings. The van der Waals surface area contributed by atoms with Crippen LogP contribution in [0.25, 0.3) is 0 Å². The molecule has 166 valence electrons. The predicted molar refractivity (Wildman–Crippen MR) is 129 cm³/mol. The van der Waals surface area contributed by atoms with Crippen molar-refractivity contribution in [1.82, 2.24) is 0 Å². The number of ether oxygens (including phenoxy) is 1. The molecule has 3 heteroatoms. The fourth-order valence-corrected chi connectivity index (χ4v) is 8.21. The lowest BCUT2D eigenvalue weighted by atomic mass is 9.52. The first-order valence-corrected chi connectivity index (χ1v) is 15.0.